The van der Waals surface area contributed by atoms with Crippen LogP contribution in [0, 0.1) is 0 Å². The Bertz CT molecular complexity index is 1310. The molecule has 0 unspecified atom stereocenters. The number of benzene rings is 2. The van der Waals surface area contributed by atoms with Gasteiger partial charge in [0.15, 0.2) is 5.65 Å². The average molecular weight is 431 g/mol. The lowest BCUT2D eigenvalue weighted by molar-refractivity contribution is -0.121. The van der Waals surface area contributed by atoms with E-state index in [0.29, 0.717) is 29.2 Å². The van der Waals surface area contributed by atoms with E-state index in [1.54, 1.807) is 11.8 Å². The number of ether oxygens (including phenoxy) is 1. The number of hydrogen-bond donors (Lipinski definition) is 1. The maximum absolute atomic E-state index is 12.9. The molecule has 164 valence electrons. The number of nitrogens with zero attached hydrogens (tertiary/aromatic N) is 4. The fourth-order valence-corrected chi connectivity index (χ4v) is 3.50. The van der Waals surface area contributed by atoms with Gasteiger partial charge >= 0.3 is 0 Å². The van der Waals surface area contributed by atoms with Crippen LogP contribution in [0.2, 0.25) is 0 Å². The summed E-state index contributed by atoms with van der Waals surface area (Å²) < 4.78 is 8.21. The van der Waals surface area contributed by atoms with E-state index in [2.05, 4.69) is 29.2 Å². The zero-order valence-electron chi connectivity index (χ0n) is 18.3. The second-order valence-electron chi connectivity index (χ2n) is 7.81. The molecule has 0 radical (unpaired) electrons. The number of rotatable bonds is 7. The Morgan fingerprint density at radius 3 is 2.59 bits per heavy atom. The van der Waals surface area contributed by atoms with Gasteiger partial charge in [-0.2, -0.15) is 5.10 Å². The standard InChI is InChI=1S/C24H25N5O3/c1-16(2)17-8-10-19(11-9-17)29-23-20(13-27-29)24(31)28(15-26-23)14-22(30)25-12-18-6-4-5-7-21(18)32-3/h4-11,13,15-16H,12,14H2,1-3H3,(H,25,30). The van der Waals surface area contributed by atoms with Crippen molar-refractivity contribution in [3.05, 3.63) is 82.5 Å². The highest BCUT2D eigenvalue weighted by Crippen LogP contribution is 2.19. The molecular formula is C24H25N5O3. The minimum atomic E-state index is -0.313. The third-order valence-corrected chi connectivity index (χ3v) is 5.34. The molecule has 8 heteroatoms. The highest BCUT2D eigenvalue weighted by Gasteiger charge is 2.14. The molecule has 0 bridgehead atoms. The van der Waals surface area contributed by atoms with Crippen molar-refractivity contribution in [1.29, 1.82) is 0 Å². The molecule has 0 aliphatic heterocycles. The van der Waals surface area contributed by atoms with Crippen LogP contribution in [-0.2, 0) is 17.9 Å². The average Bonchev–Trinajstić information content (AvgIpc) is 3.24. The molecule has 4 aromatic rings. The van der Waals surface area contributed by atoms with Gasteiger partial charge in [-0.15, -0.1) is 0 Å². The van der Waals surface area contributed by atoms with Crippen LogP contribution in [0.5, 0.6) is 5.75 Å². The van der Waals surface area contributed by atoms with Crippen molar-refractivity contribution < 1.29 is 9.53 Å². The molecule has 32 heavy (non-hydrogen) atoms. The summed E-state index contributed by atoms with van der Waals surface area (Å²) in [5.74, 6) is 0.829. The highest BCUT2D eigenvalue weighted by molar-refractivity contribution is 5.78. The van der Waals surface area contributed by atoms with Crippen LogP contribution in [0.15, 0.2) is 65.8 Å². The fourth-order valence-electron chi connectivity index (χ4n) is 3.50. The molecule has 2 heterocycles. The SMILES string of the molecule is COc1ccccc1CNC(=O)Cn1cnc2c(cnn2-c2ccc(C(C)C)cc2)c1=O. The molecule has 0 spiro atoms. The van der Waals surface area contributed by atoms with Gasteiger partial charge in [0, 0.05) is 12.1 Å². The van der Waals surface area contributed by atoms with Gasteiger partial charge in [0.1, 0.15) is 24.0 Å². The predicted molar refractivity (Wildman–Crippen MR) is 122 cm³/mol. The smallest absolute Gasteiger partial charge is 0.264 e. The van der Waals surface area contributed by atoms with E-state index < -0.39 is 0 Å². The highest BCUT2D eigenvalue weighted by atomic mass is 16.5. The predicted octanol–water partition coefficient (Wildman–Crippen LogP) is 3.03. The summed E-state index contributed by atoms with van der Waals surface area (Å²) in [5, 5.41) is 7.52. The topological polar surface area (TPSA) is 91.0 Å². The minimum absolute atomic E-state index is 0.134. The van der Waals surface area contributed by atoms with E-state index in [1.165, 1.54) is 22.7 Å². The number of carbonyl (C=O) groups is 1. The Balaban J connectivity index is 1.51. The zero-order chi connectivity index (χ0) is 22.7. The van der Waals surface area contributed by atoms with Crippen LogP contribution >= 0.6 is 0 Å². The van der Waals surface area contributed by atoms with Gasteiger partial charge < -0.3 is 10.1 Å². The summed E-state index contributed by atoms with van der Waals surface area (Å²) in [6, 6.07) is 15.4. The summed E-state index contributed by atoms with van der Waals surface area (Å²) in [5.41, 5.74) is 3.04. The fraction of sp³-hybridized carbons (Fsp3) is 0.250. The molecule has 0 fully saturated rings. The van der Waals surface area contributed by atoms with E-state index >= 15 is 0 Å². The van der Waals surface area contributed by atoms with Crippen LogP contribution in [0.4, 0.5) is 0 Å². The minimum Gasteiger partial charge on any atom is -0.496 e. The van der Waals surface area contributed by atoms with E-state index in [0.717, 1.165) is 11.3 Å². The first-order chi connectivity index (χ1) is 15.5. The molecule has 0 aliphatic carbocycles. The molecule has 0 saturated heterocycles. The number of para-hydroxylation sites is 1. The summed E-state index contributed by atoms with van der Waals surface area (Å²) in [6.07, 6.45) is 2.87. The summed E-state index contributed by atoms with van der Waals surface area (Å²) in [4.78, 5) is 29.7. The molecule has 0 aliphatic rings. The van der Waals surface area contributed by atoms with E-state index in [1.807, 2.05) is 48.5 Å². The third-order valence-electron chi connectivity index (χ3n) is 5.34. The quantitative estimate of drug-likeness (QED) is 0.486. The number of aromatic nitrogens is 4. The maximum atomic E-state index is 12.9. The number of fused-ring (bicyclic) bond motifs is 1. The number of hydrogen-bond acceptors (Lipinski definition) is 5. The van der Waals surface area contributed by atoms with Crippen molar-refractivity contribution in [1.82, 2.24) is 24.6 Å². The van der Waals surface area contributed by atoms with E-state index in [-0.39, 0.29) is 18.0 Å². The second kappa shape index (κ2) is 9.05. The third kappa shape index (κ3) is 4.25. The van der Waals surface area contributed by atoms with Crippen LogP contribution in [-0.4, -0.2) is 32.3 Å². The van der Waals surface area contributed by atoms with E-state index in [4.69, 9.17) is 4.74 Å². The Kier molecular flexibility index (Phi) is 6.02. The van der Waals surface area contributed by atoms with Gasteiger partial charge in [0.25, 0.3) is 5.56 Å². The summed E-state index contributed by atoms with van der Waals surface area (Å²) in [6.45, 7) is 4.44. The van der Waals surface area contributed by atoms with Crippen LogP contribution < -0.4 is 15.6 Å². The van der Waals surface area contributed by atoms with Gasteiger partial charge in [-0.25, -0.2) is 9.67 Å². The molecule has 0 atom stereocenters. The molecule has 4 rings (SSSR count). The molecule has 8 nitrogen and oxygen atoms in total. The number of nitrogens with one attached hydrogen (secondary N) is 1. The van der Waals surface area contributed by atoms with Crippen molar-refractivity contribution in [2.75, 3.05) is 7.11 Å². The normalized spacial score (nSPS) is 11.1. The first-order valence-electron chi connectivity index (χ1n) is 10.4. The number of methoxy groups -OCH3 is 1. The van der Waals surface area contributed by atoms with Crippen molar-refractivity contribution in [3.63, 3.8) is 0 Å². The van der Waals surface area contributed by atoms with Crippen molar-refractivity contribution >= 4 is 16.9 Å². The van der Waals surface area contributed by atoms with Gasteiger partial charge in [-0.05, 0) is 29.7 Å². The van der Waals surface area contributed by atoms with Gasteiger partial charge in [0.2, 0.25) is 5.91 Å². The lowest BCUT2D eigenvalue weighted by Crippen LogP contribution is -2.32. The van der Waals surface area contributed by atoms with Gasteiger partial charge in [-0.3, -0.25) is 14.2 Å². The lowest BCUT2D eigenvalue weighted by atomic mass is 10.0. The van der Waals surface area contributed by atoms with Crippen molar-refractivity contribution in [2.45, 2.75) is 32.9 Å². The zero-order valence-corrected chi connectivity index (χ0v) is 18.3. The maximum Gasteiger partial charge on any atom is 0.264 e. The van der Waals surface area contributed by atoms with Gasteiger partial charge in [0.05, 0.1) is 19.0 Å². The molecular weight excluding hydrogens is 406 g/mol. The molecule has 2 aromatic heterocycles. The van der Waals surface area contributed by atoms with Crippen molar-refractivity contribution in [2.24, 2.45) is 0 Å². The Labute approximate surface area is 185 Å². The van der Waals surface area contributed by atoms with Crippen LogP contribution in [0.3, 0.4) is 0 Å². The Morgan fingerprint density at radius 2 is 1.88 bits per heavy atom. The van der Waals surface area contributed by atoms with Gasteiger partial charge in [-0.1, -0.05) is 44.2 Å². The largest absolute Gasteiger partial charge is 0.496 e. The Hall–Kier alpha value is -3.94. The van der Waals surface area contributed by atoms with E-state index in [9.17, 15) is 9.59 Å². The van der Waals surface area contributed by atoms with Crippen LogP contribution in [0.25, 0.3) is 16.7 Å². The van der Waals surface area contributed by atoms with Crippen molar-refractivity contribution in [3.8, 4) is 11.4 Å². The summed E-state index contributed by atoms with van der Waals surface area (Å²) >= 11 is 0. The summed E-state index contributed by atoms with van der Waals surface area (Å²) in [7, 11) is 1.58. The molecule has 0 saturated carbocycles. The lowest BCUT2D eigenvalue weighted by Gasteiger charge is -2.10. The molecule has 1 amide bonds. The monoisotopic (exact) mass is 431 g/mol. The van der Waals surface area contributed by atoms with Crippen LogP contribution in [0.1, 0.15) is 30.9 Å². The second-order valence-corrected chi connectivity index (χ2v) is 7.81. The first kappa shape index (κ1) is 21.3. The number of amides is 1. The molecule has 2 aromatic carbocycles. The Morgan fingerprint density at radius 1 is 1.12 bits per heavy atom. The number of carbonyl (C=O) groups excluding carboxylic acids is 1. The first-order valence-corrected chi connectivity index (χ1v) is 10.4. The molecule has 1 N–H and O–H groups in total.